The van der Waals surface area contributed by atoms with Crippen molar-refractivity contribution in [2.75, 3.05) is 0 Å². The Morgan fingerprint density at radius 2 is 1.94 bits per heavy atom. The van der Waals surface area contributed by atoms with Crippen LogP contribution in [-0.2, 0) is 0 Å². The maximum Gasteiger partial charge on any atom is 0.193 e. The van der Waals surface area contributed by atoms with Crippen LogP contribution in [0, 0.1) is 0 Å². The zero-order chi connectivity index (χ0) is 12.5. The van der Waals surface area contributed by atoms with E-state index in [-0.39, 0.29) is 5.43 Å². The first-order chi connectivity index (χ1) is 8.74. The van der Waals surface area contributed by atoms with Crippen molar-refractivity contribution < 1.29 is 9.52 Å². The summed E-state index contributed by atoms with van der Waals surface area (Å²) < 4.78 is 5.74. The molecular weight excluding hydrogens is 228 g/mol. The lowest BCUT2D eigenvalue weighted by Gasteiger charge is -2.10. The van der Waals surface area contributed by atoms with Gasteiger partial charge in [-0.3, -0.25) is 4.79 Å². The fourth-order valence-corrected chi connectivity index (χ4v) is 2.09. The van der Waals surface area contributed by atoms with Crippen molar-refractivity contribution in [1.82, 2.24) is 0 Å². The Labute approximate surface area is 104 Å². The molecule has 1 N–H and O–H groups in total. The Kier molecular flexibility index (Phi) is 2.52. The molecule has 0 saturated carbocycles. The normalized spacial score (nSPS) is 15.3. The predicted octanol–water partition coefficient (Wildman–Crippen LogP) is 3.41. The minimum Gasteiger partial charge on any atom is -0.512 e. The number of benzene rings is 1. The number of rotatable bonds is 1. The molecule has 0 bridgehead atoms. The Morgan fingerprint density at radius 1 is 1.11 bits per heavy atom. The van der Waals surface area contributed by atoms with Gasteiger partial charge >= 0.3 is 0 Å². The third-order valence-electron chi connectivity index (χ3n) is 3.08. The van der Waals surface area contributed by atoms with Crippen molar-refractivity contribution in [3.63, 3.8) is 0 Å². The van der Waals surface area contributed by atoms with Gasteiger partial charge in [-0.25, -0.2) is 0 Å². The molecule has 3 heteroatoms. The molecule has 0 saturated heterocycles. The summed E-state index contributed by atoms with van der Waals surface area (Å²) in [6, 6.07) is 8.73. The maximum absolute atomic E-state index is 12.0. The molecule has 0 atom stereocenters. The summed E-state index contributed by atoms with van der Waals surface area (Å²) in [6.45, 7) is 0. The fourth-order valence-electron chi connectivity index (χ4n) is 2.09. The van der Waals surface area contributed by atoms with E-state index in [9.17, 15) is 9.90 Å². The van der Waals surface area contributed by atoms with E-state index in [0.717, 1.165) is 5.57 Å². The average molecular weight is 240 g/mol. The maximum atomic E-state index is 12.0. The second-order valence-corrected chi connectivity index (χ2v) is 4.32. The summed E-state index contributed by atoms with van der Waals surface area (Å²) in [6.07, 6.45) is 4.71. The standard InChI is InChI=1S/C15H12O3/c16-11-7-5-10(6-8-11)15-9-13(17)12-3-1-2-4-14(12)18-15/h1-5,7,9,16H,6,8H2. The molecule has 1 aliphatic rings. The minimum atomic E-state index is -0.0356. The van der Waals surface area contributed by atoms with Crippen LogP contribution in [0.2, 0.25) is 0 Å². The Balaban J connectivity index is 2.17. The van der Waals surface area contributed by atoms with Gasteiger partial charge in [-0.15, -0.1) is 0 Å². The lowest BCUT2D eigenvalue weighted by Crippen LogP contribution is -2.02. The van der Waals surface area contributed by atoms with Crippen LogP contribution in [-0.4, -0.2) is 5.11 Å². The summed E-state index contributed by atoms with van der Waals surface area (Å²) in [5, 5.41) is 9.92. The van der Waals surface area contributed by atoms with Gasteiger partial charge in [-0.05, 0) is 30.2 Å². The lowest BCUT2D eigenvalue weighted by atomic mass is 10.0. The van der Waals surface area contributed by atoms with Crippen molar-refractivity contribution in [3.05, 3.63) is 64.2 Å². The Bertz CT molecular complexity index is 720. The van der Waals surface area contributed by atoms with Gasteiger partial charge < -0.3 is 9.52 Å². The quantitative estimate of drug-likeness (QED) is 0.831. The highest BCUT2D eigenvalue weighted by Gasteiger charge is 2.11. The Morgan fingerprint density at radius 3 is 2.72 bits per heavy atom. The predicted molar refractivity (Wildman–Crippen MR) is 70.4 cm³/mol. The number of allylic oxidation sites excluding steroid dienone is 4. The molecule has 0 amide bonds. The number of aliphatic hydroxyl groups excluding tert-OH is 1. The second-order valence-electron chi connectivity index (χ2n) is 4.32. The molecule has 3 rings (SSSR count). The van der Waals surface area contributed by atoms with Gasteiger partial charge in [0, 0.05) is 12.5 Å². The van der Waals surface area contributed by atoms with Crippen LogP contribution in [0.3, 0.4) is 0 Å². The molecule has 90 valence electrons. The smallest absolute Gasteiger partial charge is 0.193 e. The van der Waals surface area contributed by atoms with Gasteiger partial charge in [-0.1, -0.05) is 18.2 Å². The van der Waals surface area contributed by atoms with Crippen molar-refractivity contribution in [3.8, 4) is 0 Å². The number of hydrogen-bond donors (Lipinski definition) is 1. The first kappa shape index (κ1) is 10.8. The molecule has 2 aromatic rings. The lowest BCUT2D eigenvalue weighted by molar-refractivity contribution is 0.388. The molecule has 0 radical (unpaired) electrons. The van der Waals surface area contributed by atoms with Crippen LogP contribution in [0.1, 0.15) is 18.6 Å². The van der Waals surface area contributed by atoms with Crippen molar-refractivity contribution >= 4 is 16.5 Å². The average Bonchev–Trinajstić information content (AvgIpc) is 2.39. The summed E-state index contributed by atoms with van der Waals surface area (Å²) in [5.74, 6) is 0.948. The first-order valence-corrected chi connectivity index (χ1v) is 5.86. The monoisotopic (exact) mass is 240 g/mol. The van der Waals surface area contributed by atoms with E-state index in [2.05, 4.69) is 0 Å². The molecule has 1 aliphatic carbocycles. The van der Waals surface area contributed by atoms with Crippen molar-refractivity contribution in [2.45, 2.75) is 12.8 Å². The van der Waals surface area contributed by atoms with Crippen LogP contribution in [0.15, 0.2) is 57.5 Å². The summed E-state index contributed by atoms with van der Waals surface area (Å²) in [5.41, 5.74) is 1.50. The molecule has 1 aromatic heterocycles. The fraction of sp³-hybridized carbons (Fsp3) is 0.133. The molecule has 3 nitrogen and oxygen atoms in total. The van der Waals surface area contributed by atoms with Crippen LogP contribution >= 0.6 is 0 Å². The van der Waals surface area contributed by atoms with Gasteiger partial charge in [0.05, 0.1) is 11.1 Å². The molecule has 1 aromatic carbocycles. The van der Waals surface area contributed by atoms with E-state index in [0.29, 0.717) is 35.3 Å². The number of hydrogen-bond acceptors (Lipinski definition) is 3. The highest BCUT2D eigenvalue weighted by Crippen LogP contribution is 2.26. The molecule has 1 heterocycles. The van der Waals surface area contributed by atoms with Gasteiger partial charge in [0.25, 0.3) is 0 Å². The van der Waals surface area contributed by atoms with E-state index in [4.69, 9.17) is 4.42 Å². The number of fused-ring (bicyclic) bond motifs is 1. The van der Waals surface area contributed by atoms with Gasteiger partial charge in [0.1, 0.15) is 11.3 Å². The molecule has 0 aliphatic heterocycles. The third-order valence-corrected chi connectivity index (χ3v) is 3.08. The first-order valence-electron chi connectivity index (χ1n) is 5.86. The zero-order valence-corrected chi connectivity index (χ0v) is 9.72. The van der Waals surface area contributed by atoms with Crippen LogP contribution in [0.25, 0.3) is 16.5 Å². The molecule has 0 spiro atoms. The molecule has 0 unspecified atom stereocenters. The summed E-state index contributed by atoms with van der Waals surface area (Å²) >= 11 is 0. The zero-order valence-electron chi connectivity index (χ0n) is 9.72. The Hall–Kier alpha value is -2.29. The molecular formula is C15H12O3. The number of aliphatic hydroxyl groups is 1. The van der Waals surface area contributed by atoms with Crippen LogP contribution < -0.4 is 5.43 Å². The molecule has 18 heavy (non-hydrogen) atoms. The van der Waals surface area contributed by atoms with Gasteiger partial charge in [0.15, 0.2) is 5.43 Å². The summed E-state index contributed by atoms with van der Waals surface area (Å²) in [4.78, 5) is 12.0. The largest absolute Gasteiger partial charge is 0.512 e. The highest BCUT2D eigenvalue weighted by atomic mass is 16.3. The van der Waals surface area contributed by atoms with Gasteiger partial charge in [-0.2, -0.15) is 0 Å². The van der Waals surface area contributed by atoms with Gasteiger partial charge in [0.2, 0.25) is 0 Å². The SMILES string of the molecule is O=c1cc(C2=CC=C(O)CC2)oc2ccccc12. The molecule has 0 fully saturated rings. The van der Waals surface area contributed by atoms with Crippen molar-refractivity contribution in [2.24, 2.45) is 0 Å². The third kappa shape index (κ3) is 1.84. The summed E-state index contributed by atoms with van der Waals surface area (Å²) in [7, 11) is 0. The van der Waals surface area contributed by atoms with Crippen molar-refractivity contribution in [1.29, 1.82) is 0 Å². The van der Waals surface area contributed by atoms with E-state index in [1.807, 2.05) is 12.1 Å². The van der Waals surface area contributed by atoms with E-state index < -0.39 is 0 Å². The minimum absolute atomic E-state index is 0.0356. The number of para-hydroxylation sites is 1. The van der Waals surface area contributed by atoms with Crippen LogP contribution in [0.5, 0.6) is 0 Å². The second kappa shape index (κ2) is 4.18. The topological polar surface area (TPSA) is 50.4 Å². The van der Waals surface area contributed by atoms with E-state index >= 15 is 0 Å². The highest BCUT2D eigenvalue weighted by molar-refractivity contribution is 5.78. The van der Waals surface area contributed by atoms with E-state index in [1.54, 1.807) is 24.3 Å². The van der Waals surface area contributed by atoms with Crippen LogP contribution in [0.4, 0.5) is 0 Å². The van der Waals surface area contributed by atoms with E-state index in [1.165, 1.54) is 6.07 Å².